The zero-order valence-electron chi connectivity index (χ0n) is 12.2. The van der Waals surface area contributed by atoms with Gasteiger partial charge in [0.05, 0.1) is 36.4 Å². The van der Waals surface area contributed by atoms with Crippen molar-refractivity contribution in [2.24, 2.45) is 0 Å². The molecule has 0 radical (unpaired) electrons. The van der Waals surface area contributed by atoms with Crippen LogP contribution in [0.3, 0.4) is 0 Å². The van der Waals surface area contributed by atoms with Crippen molar-refractivity contribution in [2.45, 2.75) is 45.8 Å². The topological polar surface area (TPSA) is 93.6 Å². The summed E-state index contributed by atoms with van der Waals surface area (Å²) in [6, 6.07) is 0.192. The Morgan fingerprint density at radius 1 is 1.40 bits per heavy atom. The van der Waals surface area contributed by atoms with Gasteiger partial charge in [0, 0.05) is 6.42 Å². The summed E-state index contributed by atoms with van der Waals surface area (Å²) in [7, 11) is 0. The van der Waals surface area contributed by atoms with Gasteiger partial charge in [-0.15, -0.1) is 0 Å². The van der Waals surface area contributed by atoms with E-state index in [4.69, 9.17) is 9.47 Å². The molecule has 7 heteroatoms. The zero-order chi connectivity index (χ0) is 15.2. The average Bonchev–Trinajstić information content (AvgIpc) is 2.28. The smallest absolute Gasteiger partial charge is 0.411 e. The van der Waals surface area contributed by atoms with Crippen molar-refractivity contribution in [3.05, 3.63) is 12.4 Å². The molecule has 1 rings (SSSR count). The van der Waals surface area contributed by atoms with Crippen LogP contribution in [0.5, 0.6) is 6.01 Å². The highest BCUT2D eigenvalue weighted by Crippen LogP contribution is 2.11. The van der Waals surface area contributed by atoms with Gasteiger partial charge in [0.1, 0.15) is 0 Å². The second kappa shape index (κ2) is 7.04. The predicted octanol–water partition coefficient (Wildman–Crippen LogP) is 1.97. The first kappa shape index (κ1) is 16.2. The average molecular weight is 283 g/mol. The minimum atomic E-state index is -0.790. The number of anilines is 1. The molecule has 20 heavy (non-hydrogen) atoms. The molecule has 0 aliphatic rings. The number of hydrogen-bond donors (Lipinski definition) is 2. The molecule has 0 aliphatic carbocycles. The second-order valence-corrected chi connectivity index (χ2v) is 5.24. The highest BCUT2D eigenvalue weighted by atomic mass is 16.6. The summed E-state index contributed by atoms with van der Waals surface area (Å²) in [5.41, 5.74) is -0.368. The maximum Gasteiger partial charge on any atom is 0.411 e. The molecule has 1 aromatic rings. The summed E-state index contributed by atoms with van der Waals surface area (Å²) in [5, 5.41) is 12.0. The SMILES string of the molecule is CC(C)OC(=O)Nc1cnc(OCCC(C)(C)O)nc1. The lowest BCUT2D eigenvalue weighted by Crippen LogP contribution is -2.22. The first-order chi connectivity index (χ1) is 9.26. The maximum absolute atomic E-state index is 11.3. The number of aromatic nitrogens is 2. The van der Waals surface area contributed by atoms with Gasteiger partial charge in [-0.05, 0) is 27.7 Å². The monoisotopic (exact) mass is 283 g/mol. The third kappa shape index (κ3) is 6.89. The molecule has 0 unspecified atom stereocenters. The number of nitrogens with zero attached hydrogens (tertiary/aromatic N) is 2. The molecule has 0 aromatic carbocycles. The lowest BCUT2D eigenvalue weighted by Gasteiger charge is -2.16. The molecule has 1 amide bonds. The molecule has 0 fully saturated rings. The largest absolute Gasteiger partial charge is 0.463 e. The van der Waals surface area contributed by atoms with E-state index < -0.39 is 11.7 Å². The van der Waals surface area contributed by atoms with Crippen LogP contribution in [-0.2, 0) is 4.74 Å². The number of amides is 1. The molecule has 7 nitrogen and oxygen atoms in total. The van der Waals surface area contributed by atoms with Crippen molar-refractivity contribution in [1.82, 2.24) is 9.97 Å². The number of hydrogen-bond acceptors (Lipinski definition) is 6. The van der Waals surface area contributed by atoms with E-state index in [-0.39, 0.29) is 12.1 Å². The lowest BCUT2D eigenvalue weighted by molar-refractivity contribution is 0.0539. The minimum Gasteiger partial charge on any atom is -0.463 e. The zero-order valence-corrected chi connectivity index (χ0v) is 12.2. The fourth-order valence-corrected chi connectivity index (χ4v) is 1.21. The number of carbonyl (C=O) groups excluding carboxylic acids is 1. The fraction of sp³-hybridized carbons (Fsp3) is 0.615. The summed E-state index contributed by atoms with van der Waals surface area (Å²) >= 11 is 0. The summed E-state index contributed by atoms with van der Waals surface area (Å²) in [6.45, 7) is 7.23. The Balaban J connectivity index is 2.42. The Morgan fingerprint density at radius 3 is 2.50 bits per heavy atom. The highest BCUT2D eigenvalue weighted by molar-refractivity contribution is 5.84. The van der Waals surface area contributed by atoms with Gasteiger partial charge in [0.2, 0.25) is 0 Å². The number of ether oxygens (including phenoxy) is 2. The Labute approximate surface area is 118 Å². The molecule has 0 bridgehead atoms. The molecule has 0 atom stereocenters. The van der Waals surface area contributed by atoms with E-state index in [9.17, 15) is 9.90 Å². The summed E-state index contributed by atoms with van der Waals surface area (Å²) < 4.78 is 10.2. The van der Waals surface area contributed by atoms with Gasteiger partial charge in [0.25, 0.3) is 0 Å². The molecule has 0 saturated carbocycles. The maximum atomic E-state index is 11.3. The molecule has 2 N–H and O–H groups in total. The highest BCUT2D eigenvalue weighted by Gasteiger charge is 2.12. The molecule has 0 spiro atoms. The van der Waals surface area contributed by atoms with Crippen LogP contribution in [0.2, 0.25) is 0 Å². The second-order valence-electron chi connectivity index (χ2n) is 5.24. The standard InChI is InChI=1S/C13H21N3O4/c1-9(2)20-12(17)16-10-7-14-11(15-8-10)19-6-5-13(3,4)18/h7-9,18H,5-6H2,1-4H3,(H,16,17). The quantitative estimate of drug-likeness (QED) is 0.829. The van der Waals surface area contributed by atoms with Crippen molar-refractivity contribution in [3.8, 4) is 6.01 Å². The van der Waals surface area contributed by atoms with Gasteiger partial charge in [0.15, 0.2) is 0 Å². The van der Waals surface area contributed by atoms with Gasteiger partial charge in [-0.2, -0.15) is 0 Å². The summed E-state index contributed by atoms with van der Waals surface area (Å²) in [6.07, 6.45) is 2.57. The van der Waals surface area contributed by atoms with E-state index in [0.717, 1.165) is 0 Å². The Morgan fingerprint density at radius 2 is 2.00 bits per heavy atom. The molecular formula is C13H21N3O4. The van der Waals surface area contributed by atoms with Crippen molar-refractivity contribution in [1.29, 1.82) is 0 Å². The van der Waals surface area contributed by atoms with Gasteiger partial charge in [-0.3, -0.25) is 5.32 Å². The molecule has 1 heterocycles. The van der Waals surface area contributed by atoms with E-state index in [1.807, 2.05) is 0 Å². The van der Waals surface area contributed by atoms with E-state index in [2.05, 4.69) is 15.3 Å². The van der Waals surface area contributed by atoms with Gasteiger partial charge < -0.3 is 14.6 Å². The van der Waals surface area contributed by atoms with E-state index >= 15 is 0 Å². The van der Waals surface area contributed by atoms with Crippen LogP contribution in [-0.4, -0.2) is 39.5 Å². The van der Waals surface area contributed by atoms with Gasteiger partial charge in [-0.25, -0.2) is 14.8 Å². The molecule has 112 valence electrons. The Hall–Kier alpha value is -1.89. The molecule has 0 aliphatic heterocycles. The fourth-order valence-electron chi connectivity index (χ4n) is 1.21. The Bertz CT molecular complexity index is 426. The first-order valence-electron chi connectivity index (χ1n) is 6.41. The van der Waals surface area contributed by atoms with E-state index in [1.165, 1.54) is 12.4 Å². The normalized spacial score (nSPS) is 11.3. The van der Waals surface area contributed by atoms with Crippen LogP contribution < -0.4 is 10.1 Å². The van der Waals surface area contributed by atoms with Crippen LogP contribution in [0.15, 0.2) is 12.4 Å². The summed E-state index contributed by atoms with van der Waals surface area (Å²) in [4.78, 5) is 19.2. The number of rotatable bonds is 6. The molecule has 1 aromatic heterocycles. The van der Waals surface area contributed by atoms with Crippen LogP contribution >= 0.6 is 0 Å². The summed E-state index contributed by atoms with van der Waals surface area (Å²) in [5.74, 6) is 0. The van der Waals surface area contributed by atoms with E-state index in [1.54, 1.807) is 27.7 Å². The Kier molecular flexibility index (Phi) is 5.69. The van der Waals surface area contributed by atoms with Crippen LogP contribution in [0.4, 0.5) is 10.5 Å². The van der Waals surface area contributed by atoms with Crippen molar-refractivity contribution in [3.63, 3.8) is 0 Å². The molecular weight excluding hydrogens is 262 g/mol. The third-order valence-electron chi connectivity index (χ3n) is 2.16. The van der Waals surface area contributed by atoms with Gasteiger partial charge in [-0.1, -0.05) is 0 Å². The van der Waals surface area contributed by atoms with Crippen LogP contribution in [0.1, 0.15) is 34.1 Å². The first-order valence-corrected chi connectivity index (χ1v) is 6.41. The van der Waals surface area contributed by atoms with E-state index in [0.29, 0.717) is 18.7 Å². The van der Waals surface area contributed by atoms with Crippen molar-refractivity contribution < 1.29 is 19.4 Å². The van der Waals surface area contributed by atoms with Crippen molar-refractivity contribution >= 4 is 11.8 Å². The molecule has 0 saturated heterocycles. The number of carbonyl (C=O) groups is 1. The number of aliphatic hydroxyl groups is 1. The number of nitrogens with one attached hydrogen (secondary N) is 1. The lowest BCUT2D eigenvalue weighted by atomic mass is 10.1. The van der Waals surface area contributed by atoms with Crippen molar-refractivity contribution in [2.75, 3.05) is 11.9 Å². The van der Waals surface area contributed by atoms with Gasteiger partial charge >= 0.3 is 12.1 Å². The predicted molar refractivity (Wildman–Crippen MR) is 73.7 cm³/mol. The minimum absolute atomic E-state index is 0.192. The third-order valence-corrected chi connectivity index (χ3v) is 2.16. The van der Waals surface area contributed by atoms with Crippen LogP contribution in [0.25, 0.3) is 0 Å². The van der Waals surface area contributed by atoms with Crippen LogP contribution in [0, 0.1) is 0 Å².